The lowest BCUT2D eigenvalue weighted by molar-refractivity contribution is -0.373. The average molecular weight is 1240 g/mol. The first-order valence-electron chi connectivity index (χ1n) is 26.4. The zero-order valence-electron chi connectivity index (χ0n) is 47.3. The van der Waals surface area contributed by atoms with Gasteiger partial charge in [0.1, 0.15) is 49.8 Å². The SMILES string of the molecule is CC(=O)OC[C@H]1O[C@@H](O[C@@H]2[C@@H](NC(=O)OCC(Cl)(Cl)Cl)[C@@H](O)O[C@H](CO[Si](c3ccccc3)(c3ccccc3)C(C)(C)C)[C@H]2O[C@@H]2O[C@@H](C)[C@@H](OC(C)=O)[C@@H](OC(C)=O)[C@@H]2OCc2ccccc2)[C@H](OC(C)=O)[C@@H](OC(C)=O)[C@H]1OC(C)=O. The Morgan fingerprint density at radius 3 is 1.51 bits per heavy atom. The van der Waals surface area contributed by atoms with Gasteiger partial charge in [-0.05, 0) is 27.9 Å². The molecule has 456 valence electrons. The molecule has 1 amide bonds. The van der Waals surface area contributed by atoms with E-state index in [1.54, 1.807) is 30.3 Å². The molecule has 83 heavy (non-hydrogen) atoms. The van der Waals surface area contributed by atoms with Gasteiger partial charge in [-0.25, -0.2) is 4.79 Å². The minimum Gasteiger partial charge on any atom is -0.463 e. The number of hydrogen-bond acceptors (Lipinski definition) is 22. The fraction of sp³-hybridized carbons (Fsp3) is 0.554. The van der Waals surface area contributed by atoms with Crippen molar-refractivity contribution in [3.8, 4) is 0 Å². The Bertz CT molecular complexity index is 2630. The average Bonchev–Trinajstić information content (AvgIpc) is 2.71. The minimum atomic E-state index is -3.57. The van der Waals surface area contributed by atoms with Crippen LogP contribution in [-0.4, -0.2) is 171 Å². The number of amides is 1. The summed E-state index contributed by atoms with van der Waals surface area (Å²) in [6.45, 7) is 11.9. The highest BCUT2D eigenvalue weighted by molar-refractivity contribution is 6.99. The molecule has 2 N–H and O–H groups in total. The molecule has 0 aliphatic carbocycles. The summed E-state index contributed by atoms with van der Waals surface area (Å²) in [5.74, 6) is -5.25. The monoisotopic (exact) mass is 1240 g/mol. The summed E-state index contributed by atoms with van der Waals surface area (Å²) in [4.78, 5) is 91.0. The van der Waals surface area contributed by atoms with Crippen LogP contribution in [0, 0.1) is 0 Å². The lowest BCUT2D eigenvalue weighted by Crippen LogP contribution is -2.71. The molecule has 0 radical (unpaired) electrons. The lowest BCUT2D eigenvalue weighted by Gasteiger charge is -2.51. The number of halogens is 3. The molecule has 6 rings (SSSR count). The molecule has 3 saturated heterocycles. The maximum Gasteiger partial charge on any atom is 0.407 e. The molecule has 3 aliphatic heterocycles. The largest absolute Gasteiger partial charge is 0.463 e. The summed E-state index contributed by atoms with van der Waals surface area (Å²) in [7, 11) is -3.57. The van der Waals surface area contributed by atoms with E-state index in [4.69, 9.17) is 101 Å². The summed E-state index contributed by atoms with van der Waals surface area (Å²) in [6.07, 6.45) is -24.6. The van der Waals surface area contributed by atoms with Crippen LogP contribution in [0.2, 0.25) is 5.04 Å². The summed E-state index contributed by atoms with van der Waals surface area (Å²) in [5.41, 5.74) is 0.638. The van der Waals surface area contributed by atoms with E-state index in [2.05, 4.69) is 5.32 Å². The Kier molecular flexibility index (Phi) is 23.7. The standard InChI is InChI=1S/C56H70Cl3NO22Si/c1-30-43(74-32(3)62)47(76-34(5)64)49(70-26-37-20-14-11-15-21-37)52(73-30)81-44-41(28-72-83(55(8,9)10,38-22-16-12-17-23-38)39-24-18-13-19-25-39)79-51(67)42(60-54(68)71-29-56(57,58)59)46(44)82-53-50(78-36(7)66)48(77-35(6)65)45(75-33(4)63)40(80-53)27-69-31(2)61/h11-25,30,40-53,67H,26-29H2,1-10H3,(H,60,68)/t30-,40+,41+,42+,43+,44+,45-,46+,47+,48-,49-,50+,51-,52-,53-/m0/s1. The maximum absolute atomic E-state index is 13.9. The van der Waals surface area contributed by atoms with Crippen molar-refractivity contribution in [2.45, 2.75) is 177 Å². The maximum atomic E-state index is 13.9. The molecule has 0 unspecified atom stereocenters. The quantitative estimate of drug-likeness (QED) is 0.0627. The van der Waals surface area contributed by atoms with Crippen molar-refractivity contribution in [1.82, 2.24) is 5.32 Å². The van der Waals surface area contributed by atoms with Gasteiger partial charge < -0.3 is 76.4 Å². The highest BCUT2D eigenvalue weighted by Gasteiger charge is 2.60. The van der Waals surface area contributed by atoms with E-state index in [0.29, 0.717) is 5.56 Å². The van der Waals surface area contributed by atoms with Crippen molar-refractivity contribution >= 4 is 95.4 Å². The lowest BCUT2D eigenvalue weighted by atomic mass is 9.94. The predicted molar refractivity (Wildman–Crippen MR) is 295 cm³/mol. The van der Waals surface area contributed by atoms with Gasteiger partial charge in [0.25, 0.3) is 8.32 Å². The first-order valence-corrected chi connectivity index (χ1v) is 29.5. The zero-order chi connectivity index (χ0) is 61.0. The first kappa shape index (κ1) is 66.7. The number of carbonyl (C=O) groups excluding carboxylic acids is 7. The number of alkyl halides is 3. The number of carbonyl (C=O) groups is 7. The van der Waals surface area contributed by atoms with Crippen molar-refractivity contribution in [2.75, 3.05) is 19.8 Å². The van der Waals surface area contributed by atoms with E-state index in [0.717, 1.165) is 51.9 Å². The van der Waals surface area contributed by atoms with Crippen LogP contribution in [-0.2, 0) is 101 Å². The minimum absolute atomic E-state index is 0.169. The second-order valence-corrected chi connectivity index (χ2v) is 27.6. The van der Waals surface area contributed by atoms with Crippen LogP contribution < -0.4 is 15.7 Å². The molecule has 3 fully saturated rings. The van der Waals surface area contributed by atoms with Crippen molar-refractivity contribution < 1.29 is 105 Å². The van der Waals surface area contributed by atoms with Gasteiger partial charge in [-0.2, -0.15) is 0 Å². The van der Waals surface area contributed by atoms with Crippen LogP contribution in [0.1, 0.15) is 74.8 Å². The predicted octanol–water partition coefficient (Wildman–Crippen LogP) is 4.79. The summed E-state index contributed by atoms with van der Waals surface area (Å²) in [5, 5.41) is 15.9. The van der Waals surface area contributed by atoms with Crippen molar-refractivity contribution in [3.05, 3.63) is 96.6 Å². The van der Waals surface area contributed by atoms with Gasteiger partial charge in [-0.3, -0.25) is 28.8 Å². The molecule has 3 aromatic carbocycles. The molecular weight excluding hydrogens is 1170 g/mol. The van der Waals surface area contributed by atoms with Gasteiger partial charge in [-0.15, -0.1) is 0 Å². The number of aliphatic hydroxyl groups is 1. The van der Waals surface area contributed by atoms with Crippen LogP contribution in [0.15, 0.2) is 91.0 Å². The van der Waals surface area contributed by atoms with E-state index >= 15 is 0 Å². The number of aliphatic hydroxyl groups excluding tert-OH is 1. The second kappa shape index (κ2) is 29.6. The van der Waals surface area contributed by atoms with Gasteiger partial charge in [-0.1, -0.05) is 147 Å². The molecule has 3 aliphatic rings. The fourth-order valence-electron chi connectivity index (χ4n) is 10.1. The van der Waals surface area contributed by atoms with Gasteiger partial charge >= 0.3 is 41.9 Å². The van der Waals surface area contributed by atoms with Crippen LogP contribution in [0.5, 0.6) is 0 Å². The molecule has 23 nitrogen and oxygen atoms in total. The van der Waals surface area contributed by atoms with Crippen molar-refractivity contribution in [1.29, 1.82) is 0 Å². The number of benzene rings is 3. The summed E-state index contributed by atoms with van der Waals surface area (Å²) in [6, 6.07) is 25.9. The Balaban J connectivity index is 1.61. The molecule has 27 heteroatoms. The van der Waals surface area contributed by atoms with Gasteiger partial charge in [0.05, 0.1) is 19.3 Å². The van der Waals surface area contributed by atoms with Crippen LogP contribution in [0.4, 0.5) is 4.79 Å². The van der Waals surface area contributed by atoms with Crippen LogP contribution >= 0.6 is 34.8 Å². The highest BCUT2D eigenvalue weighted by Crippen LogP contribution is 2.41. The van der Waals surface area contributed by atoms with Gasteiger partial charge in [0.15, 0.2) is 49.4 Å². The van der Waals surface area contributed by atoms with E-state index in [1.165, 1.54) is 6.92 Å². The molecule has 0 aromatic heterocycles. The molecule has 0 saturated carbocycles. The first-order chi connectivity index (χ1) is 39.1. The smallest absolute Gasteiger partial charge is 0.407 e. The highest BCUT2D eigenvalue weighted by atomic mass is 35.6. The third kappa shape index (κ3) is 18.0. The topological polar surface area (TPSA) is 281 Å². The number of nitrogens with one attached hydrogen (secondary N) is 1. The molecule has 3 heterocycles. The summed E-state index contributed by atoms with van der Waals surface area (Å²) < 4.78 is 84.8. The number of ether oxygens (including phenoxy) is 13. The zero-order valence-corrected chi connectivity index (χ0v) is 50.6. The fourth-order valence-corrected chi connectivity index (χ4v) is 14.9. The number of esters is 6. The Morgan fingerprint density at radius 1 is 0.542 bits per heavy atom. The Morgan fingerprint density at radius 2 is 1.00 bits per heavy atom. The third-order valence-electron chi connectivity index (χ3n) is 13.3. The molecule has 0 bridgehead atoms. The third-order valence-corrected chi connectivity index (χ3v) is 18.7. The molecule has 0 spiro atoms. The van der Waals surface area contributed by atoms with Crippen LogP contribution in [0.25, 0.3) is 0 Å². The Labute approximate surface area is 496 Å². The number of hydrogen-bond donors (Lipinski definition) is 2. The Hall–Kier alpha value is -5.48. The van der Waals surface area contributed by atoms with E-state index in [1.807, 2.05) is 81.4 Å². The normalized spacial score (nSPS) is 28.3. The molecule has 15 atom stereocenters. The van der Waals surface area contributed by atoms with Gasteiger partial charge in [0, 0.05) is 41.5 Å². The van der Waals surface area contributed by atoms with Gasteiger partial charge in [0.2, 0.25) is 3.79 Å². The van der Waals surface area contributed by atoms with E-state index in [9.17, 15) is 38.7 Å². The molecule has 3 aromatic rings. The van der Waals surface area contributed by atoms with Crippen LogP contribution in [0.3, 0.4) is 0 Å². The van der Waals surface area contributed by atoms with Crippen molar-refractivity contribution in [2.24, 2.45) is 0 Å². The summed E-state index contributed by atoms with van der Waals surface area (Å²) >= 11 is 18.0. The number of rotatable bonds is 21. The van der Waals surface area contributed by atoms with Crippen molar-refractivity contribution in [3.63, 3.8) is 0 Å². The number of alkyl carbamates (subject to hydrolysis) is 1. The van der Waals surface area contributed by atoms with E-state index in [-0.39, 0.29) is 6.61 Å². The van der Waals surface area contributed by atoms with E-state index < -0.39 is 171 Å². The second-order valence-electron chi connectivity index (χ2n) is 20.8. The molecular formula is C56H70Cl3NO22Si.